The highest BCUT2D eigenvalue weighted by atomic mass is 19.4. The van der Waals surface area contributed by atoms with E-state index in [-0.39, 0.29) is 0 Å². The molecule has 29 heteroatoms. The van der Waals surface area contributed by atoms with Gasteiger partial charge in [-0.15, -0.1) is 0 Å². The molecule has 0 aliphatic heterocycles. The molecule has 0 fully saturated rings. The van der Waals surface area contributed by atoms with E-state index in [9.17, 15) is 123 Å². The van der Waals surface area contributed by atoms with E-state index in [2.05, 4.69) is 4.74 Å². The summed E-state index contributed by atoms with van der Waals surface area (Å²) in [7, 11) is 0. The van der Waals surface area contributed by atoms with E-state index in [1.165, 1.54) is 0 Å². The minimum absolute atomic E-state index is 2.47. The van der Waals surface area contributed by atoms with Crippen molar-refractivity contribution in [3.63, 3.8) is 0 Å². The van der Waals surface area contributed by atoms with Gasteiger partial charge in [0.25, 0.3) is 0 Å². The molecule has 2 atom stereocenters. The fourth-order valence-corrected chi connectivity index (χ4v) is 2.52. The standard InChI is InChI=1S/C16H6F28O/c17-3(1-5(19,20)7(23,24)9(27,28)11(31,32)13(35,36)15(39,40)41)45-4(18)2-6(21,22)8(25,26)10(29,30)12(33,34)14(37,38)16(42,43)44/h3-4H,1-2H2. The summed E-state index contributed by atoms with van der Waals surface area (Å²) in [4.78, 5) is 0. The maximum Gasteiger partial charge on any atom is 0.460 e. The molecule has 0 aromatic carbocycles. The number of halogens is 28. The van der Waals surface area contributed by atoms with Crippen molar-refractivity contribution in [1.29, 1.82) is 0 Å². The van der Waals surface area contributed by atoms with Crippen molar-refractivity contribution in [2.24, 2.45) is 0 Å². The predicted molar refractivity (Wildman–Crippen MR) is 81.7 cm³/mol. The zero-order valence-corrected chi connectivity index (χ0v) is 19.6. The molecule has 0 aliphatic carbocycles. The van der Waals surface area contributed by atoms with Crippen molar-refractivity contribution in [2.45, 2.75) is 97.1 Å². The average Bonchev–Trinajstić information content (AvgIpc) is 2.75. The number of alkyl halides is 28. The first-order chi connectivity index (χ1) is 19.0. The lowest BCUT2D eigenvalue weighted by Gasteiger charge is -2.40. The van der Waals surface area contributed by atoms with Gasteiger partial charge in [-0.25, -0.2) is 8.78 Å². The van der Waals surface area contributed by atoms with Crippen LogP contribution >= 0.6 is 0 Å². The van der Waals surface area contributed by atoms with Crippen LogP contribution in [0.3, 0.4) is 0 Å². The Bertz CT molecular complexity index is 937. The van der Waals surface area contributed by atoms with E-state index >= 15 is 0 Å². The van der Waals surface area contributed by atoms with Gasteiger partial charge in [0, 0.05) is 0 Å². The second kappa shape index (κ2) is 11.3. The summed E-state index contributed by atoms with van der Waals surface area (Å²) in [5.74, 6) is -82.4. The quantitative estimate of drug-likeness (QED) is 0.161. The molecule has 272 valence electrons. The molecule has 0 saturated heterocycles. The SMILES string of the molecule is FC(CC(F)(F)C(F)(F)C(F)(F)C(F)(F)C(F)(F)C(F)(F)F)OC(F)CC(F)(F)C(F)(F)C(F)(F)C(F)(F)C(F)(F)C(F)(F)F. The van der Waals surface area contributed by atoms with Crippen LogP contribution in [-0.2, 0) is 4.74 Å². The molecule has 45 heavy (non-hydrogen) atoms. The van der Waals surface area contributed by atoms with Crippen LogP contribution in [0.15, 0.2) is 0 Å². The second-order valence-electron chi connectivity index (χ2n) is 8.36. The van der Waals surface area contributed by atoms with E-state index in [4.69, 9.17) is 0 Å². The van der Waals surface area contributed by atoms with Crippen LogP contribution in [-0.4, -0.2) is 84.3 Å². The average molecular weight is 746 g/mol. The lowest BCUT2D eigenvalue weighted by molar-refractivity contribution is -0.443. The third-order valence-electron chi connectivity index (χ3n) is 5.13. The summed E-state index contributed by atoms with van der Waals surface area (Å²) in [5.41, 5.74) is 0. The third-order valence-corrected chi connectivity index (χ3v) is 5.13. The summed E-state index contributed by atoms with van der Waals surface area (Å²) in [5, 5.41) is 0. The maximum absolute atomic E-state index is 13.5. The summed E-state index contributed by atoms with van der Waals surface area (Å²) in [6, 6.07) is 0. The molecule has 0 bridgehead atoms. The van der Waals surface area contributed by atoms with Crippen LogP contribution in [0.4, 0.5) is 123 Å². The fraction of sp³-hybridized carbons (Fsp3) is 1.00. The Morgan fingerprint density at radius 2 is 0.467 bits per heavy atom. The fourth-order valence-electron chi connectivity index (χ4n) is 2.52. The minimum atomic E-state index is -8.58. The smallest absolute Gasteiger partial charge is 0.314 e. The van der Waals surface area contributed by atoms with Gasteiger partial charge in [0.2, 0.25) is 12.7 Å². The lowest BCUT2D eigenvalue weighted by atomic mass is 9.92. The first kappa shape index (κ1) is 43.0. The molecule has 0 spiro atoms. The van der Waals surface area contributed by atoms with Gasteiger partial charge in [-0.05, 0) is 0 Å². The Morgan fingerprint density at radius 1 is 0.289 bits per heavy atom. The van der Waals surface area contributed by atoms with E-state index in [0.29, 0.717) is 0 Å². The van der Waals surface area contributed by atoms with Gasteiger partial charge in [0.05, 0.1) is 12.8 Å². The van der Waals surface area contributed by atoms with Crippen LogP contribution in [0, 0.1) is 0 Å². The summed E-state index contributed by atoms with van der Waals surface area (Å²) in [6.45, 7) is 0. The summed E-state index contributed by atoms with van der Waals surface area (Å²) in [6.07, 6.45) is -34.4. The van der Waals surface area contributed by atoms with Gasteiger partial charge in [-0.1, -0.05) is 0 Å². The van der Waals surface area contributed by atoms with Gasteiger partial charge in [-0.3, -0.25) is 0 Å². The van der Waals surface area contributed by atoms with Crippen molar-refractivity contribution in [1.82, 2.24) is 0 Å². The van der Waals surface area contributed by atoms with Gasteiger partial charge in [0.15, 0.2) is 0 Å². The van der Waals surface area contributed by atoms with Crippen molar-refractivity contribution < 1.29 is 128 Å². The molecule has 0 N–H and O–H groups in total. The van der Waals surface area contributed by atoms with Gasteiger partial charge >= 0.3 is 71.6 Å². The van der Waals surface area contributed by atoms with E-state index in [0.717, 1.165) is 0 Å². The molecule has 1 nitrogen and oxygen atoms in total. The highest BCUT2D eigenvalue weighted by Gasteiger charge is 2.92. The van der Waals surface area contributed by atoms with E-state index in [1.54, 1.807) is 0 Å². The first-order valence-electron chi connectivity index (χ1n) is 9.84. The number of hydrogen-bond donors (Lipinski definition) is 0. The molecule has 0 saturated carbocycles. The van der Waals surface area contributed by atoms with Crippen molar-refractivity contribution in [3.05, 3.63) is 0 Å². The van der Waals surface area contributed by atoms with Gasteiger partial charge in [0.1, 0.15) is 0 Å². The van der Waals surface area contributed by atoms with Crippen molar-refractivity contribution in [2.75, 3.05) is 0 Å². The molecular formula is C16H6F28O. The van der Waals surface area contributed by atoms with Gasteiger partial charge < -0.3 is 4.74 Å². The molecule has 0 heterocycles. The van der Waals surface area contributed by atoms with Crippen LogP contribution in [0.1, 0.15) is 12.8 Å². The molecular weight excluding hydrogens is 740 g/mol. The van der Waals surface area contributed by atoms with Crippen LogP contribution in [0.25, 0.3) is 0 Å². The number of rotatable bonds is 14. The minimum Gasteiger partial charge on any atom is -0.314 e. The Morgan fingerprint density at radius 3 is 0.644 bits per heavy atom. The maximum atomic E-state index is 13.5. The van der Waals surface area contributed by atoms with Crippen molar-refractivity contribution in [3.8, 4) is 0 Å². The van der Waals surface area contributed by atoms with Crippen LogP contribution < -0.4 is 0 Å². The molecule has 0 aromatic heterocycles. The zero-order chi connectivity index (χ0) is 37.3. The first-order valence-corrected chi connectivity index (χ1v) is 9.84. The highest BCUT2D eigenvalue weighted by Crippen LogP contribution is 2.62. The molecule has 0 aliphatic rings. The topological polar surface area (TPSA) is 9.23 Å². The third kappa shape index (κ3) is 6.46. The Balaban J connectivity index is 6.19. The normalized spacial score (nSPS) is 17.9. The largest absolute Gasteiger partial charge is 0.460 e. The van der Waals surface area contributed by atoms with Crippen LogP contribution in [0.2, 0.25) is 0 Å². The molecule has 0 aromatic rings. The number of hydrogen-bond acceptors (Lipinski definition) is 1. The summed E-state index contributed by atoms with van der Waals surface area (Å²) >= 11 is 0. The summed E-state index contributed by atoms with van der Waals surface area (Å²) < 4.78 is 365. The van der Waals surface area contributed by atoms with E-state index < -0.39 is 97.1 Å². The lowest BCUT2D eigenvalue weighted by Crippen LogP contribution is -2.70. The Labute approximate surface area is 226 Å². The Kier molecular flexibility index (Phi) is 10.8. The number of ether oxygens (including phenoxy) is 1. The van der Waals surface area contributed by atoms with Crippen molar-refractivity contribution >= 4 is 0 Å². The molecule has 0 amide bonds. The zero-order valence-electron chi connectivity index (χ0n) is 19.6. The second-order valence-corrected chi connectivity index (χ2v) is 8.36. The van der Waals surface area contributed by atoms with E-state index in [1.807, 2.05) is 0 Å². The van der Waals surface area contributed by atoms with Gasteiger partial charge in [-0.2, -0.15) is 114 Å². The monoisotopic (exact) mass is 746 g/mol. The molecule has 0 rings (SSSR count). The predicted octanol–water partition coefficient (Wildman–Crippen LogP) is 9.85. The Hall–Kier alpha value is -2.00. The molecule has 0 radical (unpaired) electrons. The molecule has 2 unspecified atom stereocenters. The highest BCUT2D eigenvalue weighted by molar-refractivity contribution is 5.11. The van der Waals surface area contributed by atoms with Crippen LogP contribution in [0.5, 0.6) is 0 Å².